The highest BCUT2D eigenvalue weighted by Gasteiger charge is 2.32. The van der Waals surface area contributed by atoms with Crippen LogP contribution >= 0.6 is 0 Å². The van der Waals surface area contributed by atoms with E-state index in [9.17, 15) is 10.5 Å². The van der Waals surface area contributed by atoms with Crippen LogP contribution in [0.15, 0.2) is 24.3 Å². The van der Waals surface area contributed by atoms with E-state index < -0.39 is 12.1 Å². The number of nitrogens with zero attached hydrogens (tertiary/aromatic N) is 4. The van der Waals surface area contributed by atoms with Crippen LogP contribution in [0.3, 0.4) is 0 Å². The van der Waals surface area contributed by atoms with Crippen LogP contribution in [0.5, 0.6) is 34.5 Å². The first-order valence-corrected chi connectivity index (χ1v) is 11.9. The highest BCUT2D eigenvalue weighted by atomic mass is 16.5. The maximum Gasteiger partial charge on any atom is 0.203 e. The second-order valence-electron chi connectivity index (χ2n) is 8.34. The van der Waals surface area contributed by atoms with Crippen molar-refractivity contribution in [3.05, 3.63) is 35.4 Å². The molecular weight excluding hydrogens is 476 g/mol. The summed E-state index contributed by atoms with van der Waals surface area (Å²) in [6, 6.07) is 11.0. The van der Waals surface area contributed by atoms with Crippen LogP contribution in [0.4, 0.5) is 0 Å². The molecule has 0 radical (unpaired) electrons. The van der Waals surface area contributed by atoms with Gasteiger partial charge >= 0.3 is 0 Å². The van der Waals surface area contributed by atoms with Gasteiger partial charge in [0.25, 0.3) is 0 Å². The van der Waals surface area contributed by atoms with Gasteiger partial charge < -0.3 is 28.4 Å². The molecule has 2 aromatic rings. The number of methoxy groups -OCH3 is 6. The molecule has 1 heterocycles. The van der Waals surface area contributed by atoms with Crippen molar-refractivity contribution in [1.29, 1.82) is 10.5 Å². The van der Waals surface area contributed by atoms with Crippen molar-refractivity contribution in [2.75, 3.05) is 68.8 Å². The van der Waals surface area contributed by atoms with Crippen LogP contribution in [0, 0.1) is 22.7 Å². The van der Waals surface area contributed by atoms with Crippen LogP contribution in [-0.2, 0) is 0 Å². The zero-order chi connectivity index (χ0) is 26.9. The van der Waals surface area contributed by atoms with E-state index >= 15 is 0 Å². The van der Waals surface area contributed by atoms with Crippen molar-refractivity contribution in [2.45, 2.75) is 18.5 Å². The molecule has 10 heteroatoms. The lowest BCUT2D eigenvalue weighted by atomic mass is 10.0. The lowest BCUT2D eigenvalue weighted by Gasteiger charge is -2.29. The topological polar surface area (TPSA) is 109 Å². The maximum atomic E-state index is 10.2. The summed E-state index contributed by atoms with van der Waals surface area (Å²) in [6.45, 7) is 2.49. The summed E-state index contributed by atoms with van der Waals surface area (Å²) in [6.07, 6.45) is 0.765. The lowest BCUT2D eigenvalue weighted by molar-refractivity contribution is 0.211. The number of ether oxygens (including phenoxy) is 6. The Morgan fingerprint density at radius 3 is 1.24 bits per heavy atom. The molecule has 2 aromatic carbocycles. The van der Waals surface area contributed by atoms with Gasteiger partial charge in [0.05, 0.1) is 54.8 Å². The number of rotatable bonds is 10. The summed E-state index contributed by atoms with van der Waals surface area (Å²) in [4.78, 5) is 4.20. The zero-order valence-corrected chi connectivity index (χ0v) is 22.2. The molecule has 2 atom stereocenters. The summed E-state index contributed by atoms with van der Waals surface area (Å²) >= 11 is 0. The van der Waals surface area contributed by atoms with Gasteiger partial charge in [-0.2, -0.15) is 10.5 Å². The summed E-state index contributed by atoms with van der Waals surface area (Å²) in [5.74, 6) is 2.90. The standard InChI is InChI=1S/C27H34N4O6/c1-32-22-10-8-18(24(34-3)26(22)36-5)20(16-28)30-12-7-13-31(15-14-30)21(17-29)19-9-11-23(33-2)27(37-6)25(19)35-4/h8-11,20-21H,7,12-15H2,1-6H3. The van der Waals surface area contributed by atoms with Crippen LogP contribution in [0.25, 0.3) is 0 Å². The number of nitriles is 2. The second kappa shape index (κ2) is 12.9. The molecule has 0 saturated carbocycles. The van der Waals surface area contributed by atoms with Gasteiger partial charge in [0.2, 0.25) is 11.5 Å². The summed E-state index contributed by atoms with van der Waals surface area (Å²) in [5.41, 5.74) is 1.41. The molecule has 0 bridgehead atoms. The highest BCUT2D eigenvalue weighted by Crippen LogP contribution is 2.45. The monoisotopic (exact) mass is 510 g/mol. The molecule has 37 heavy (non-hydrogen) atoms. The van der Waals surface area contributed by atoms with E-state index in [1.54, 1.807) is 54.8 Å². The van der Waals surface area contributed by atoms with E-state index in [1.165, 1.54) is 0 Å². The summed E-state index contributed by atoms with van der Waals surface area (Å²) < 4.78 is 33.1. The SMILES string of the molecule is COc1ccc(C(C#N)N2CCCN(C(C#N)c3ccc(OC)c(OC)c3OC)CC2)c(OC)c1OC. The van der Waals surface area contributed by atoms with E-state index in [0.29, 0.717) is 71.8 Å². The van der Waals surface area contributed by atoms with Crippen LogP contribution < -0.4 is 28.4 Å². The molecule has 0 aliphatic carbocycles. The fraction of sp³-hybridized carbons (Fsp3) is 0.481. The summed E-state index contributed by atoms with van der Waals surface area (Å²) in [7, 11) is 9.29. The Hall–Kier alpha value is -3.86. The normalized spacial score (nSPS) is 15.9. The van der Waals surface area contributed by atoms with Crippen LogP contribution in [0.2, 0.25) is 0 Å². The van der Waals surface area contributed by atoms with Crippen LogP contribution in [-0.4, -0.2) is 78.6 Å². The van der Waals surface area contributed by atoms with Gasteiger partial charge in [0.15, 0.2) is 23.0 Å². The molecule has 1 saturated heterocycles. The molecule has 1 aliphatic rings. The van der Waals surface area contributed by atoms with E-state index in [1.807, 2.05) is 12.1 Å². The van der Waals surface area contributed by atoms with Gasteiger partial charge in [-0.1, -0.05) is 0 Å². The van der Waals surface area contributed by atoms with Crippen molar-refractivity contribution < 1.29 is 28.4 Å². The molecule has 2 unspecified atom stereocenters. The Morgan fingerprint density at radius 2 is 0.946 bits per heavy atom. The van der Waals surface area contributed by atoms with Crippen molar-refractivity contribution in [1.82, 2.24) is 9.80 Å². The third-order valence-electron chi connectivity index (χ3n) is 6.60. The molecule has 0 N–H and O–H groups in total. The van der Waals surface area contributed by atoms with E-state index in [2.05, 4.69) is 21.9 Å². The largest absolute Gasteiger partial charge is 0.493 e. The van der Waals surface area contributed by atoms with E-state index in [4.69, 9.17) is 28.4 Å². The number of hydrogen-bond acceptors (Lipinski definition) is 10. The molecule has 198 valence electrons. The first-order chi connectivity index (χ1) is 18.0. The second-order valence-corrected chi connectivity index (χ2v) is 8.34. The fourth-order valence-corrected chi connectivity index (χ4v) is 4.85. The quantitative estimate of drug-likeness (QED) is 0.470. The zero-order valence-electron chi connectivity index (χ0n) is 22.2. The minimum absolute atomic E-state index is 0.448. The van der Waals surface area contributed by atoms with Gasteiger partial charge in [-0.25, -0.2) is 0 Å². The first kappa shape index (κ1) is 27.7. The number of benzene rings is 2. The average molecular weight is 511 g/mol. The predicted octanol–water partition coefficient (Wildman–Crippen LogP) is 3.58. The third kappa shape index (κ3) is 5.46. The van der Waals surface area contributed by atoms with Gasteiger partial charge in [-0.3, -0.25) is 9.80 Å². The molecule has 0 spiro atoms. The predicted molar refractivity (Wildman–Crippen MR) is 137 cm³/mol. The van der Waals surface area contributed by atoms with Gasteiger partial charge in [0, 0.05) is 37.3 Å². The molecule has 10 nitrogen and oxygen atoms in total. The Morgan fingerprint density at radius 1 is 0.568 bits per heavy atom. The van der Waals surface area contributed by atoms with Crippen molar-refractivity contribution in [3.63, 3.8) is 0 Å². The van der Waals surface area contributed by atoms with Crippen molar-refractivity contribution in [2.24, 2.45) is 0 Å². The van der Waals surface area contributed by atoms with Crippen LogP contribution in [0.1, 0.15) is 29.6 Å². The molecule has 3 rings (SSSR count). The van der Waals surface area contributed by atoms with Crippen molar-refractivity contribution in [3.8, 4) is 46.6 Å². The Kier molecular flexibility index (Phi) is 9.67. The Labute approximate surface area is 218 Å². The molecule has 1 aliphatic heterocycles. The van der Waals surface area contributed by atoms with Gasteiger partial charge in [-0.15, -0.1) is 0 Å². The first-order valence-electron chi connectivity index (χ1n) is 11.9. The Balaban J connectivity index is 1.89. The van der Waals surface area contributed by atoms with Gasteiger partial charge in [-0.05, 0) is 30.7 Å². The minimum atomic E-state index is -0.564. The Bertz CT molecular complexity index is 1070. The average Bonchev–Trinajstić information content (AvgIpc) is 3.19. The minimum Gasteiger partial charge on any atom is -0.493 e. The van der Waals surface area contributed by atoms with Gasteiger partial charge in [0.1, 0.15) is 12.1 Å². The summed E-state index contributed by atoms with van der Waals surface area (Å²) in [5, 5.41) is 20.4. The smallest absolute Gasteiger partial charge is 0.203 e. The molecule has 0 amide bonds. The number of hydrogen-bond donors (Lipinski definition) is 0. The molecular formula is C27H34N4O6. The lowest BCUT2D eigenvalue weighted by Crippen LogP contribution is -2.35. The molecule has 0 aromatic heterocycles. The highest BCUT2D eigenvalue weighted by molar-refractivity contribution is 5.58. The van der Waals surface area contributed by atoms with Crippen molar-refractivity contribution >= 4 is 0 Å². The maximum absolute atomic E-state index is 10.2. The van der Waals surface area contributed by atoms with E-state index in [-0.39, 0.29) is 0 Å². The third-order valence-corrected chi connectivity index (χ3v) is 6.60. The fourth-order valence-electron chi connectivity index (χ4n) is 4.85. The molecule has 1 fully saturated rings. The van der Waals surface area contributed by atoms with E-state index in [0.717, 1.165) is 6.42 Å².